The maximum Gasteiger partial charge on any atom is 0.131 e. The number of hydrogen-bond donors (Lipinski definition) is 0. The average Bonchev–Trinajstić information content (AvgIpc) is 2.98. The summed E-state index contributed by atoms with van der Waals surface area (Å²) in [5.41, 5.74) is 3.78. The fraction of sp³-hybridized carbons (Fsp3) is 0.350. The molecule has 1 atom stereocenters. The third-order valence-electron chi connectivity index (χ3n) is 4.49. The third kappa shape index (κ3) is 4.14. The van der Waals surface area contributed by atoms with Crippen molar-refractivity contribution in [3.63, 3.8) is 0 Å². The second-order valence-electron chi connectivity index (χ2n) is 6.37. The predicted octanol–water partition coefficient (Wildman–Crippen LogP) is 4.88. The molecule has 0 aliphatic carbocycles. The number of halogens is 1. The van der Waals surface area contributed by atoms with Gasteiger partial charge in [-0.15, -0.1) is 0 Å². The first-order valence-corrected chi connectivity index (χ1v) is 8.59. The van der Waals surface area contributed by atoms with Gasteiger partial charge in [0.2, 0.25) is 0 Å². The molecule has 1 saturated heterocycles. The number of nitrogens with zero attached hydrogens (tertiary/aromatic N) is 1. The Morgan fingerprint density at radius 3 is 2.30 bits per heavy atom. The third-order valence-corrected chi connectivity index (χ3v) is 4.74. The number of rotatable bonds is 5. The van der Waals surface area contributed by atoms with Crippen LogP contribution in [-0.4, -0.2) is 18.4 Å². The lowest BCUT2D eigenvalue weighted by atomic mass is 10.0. The van der Waals surface area contributed by atoms with Crippen molar-refractivity contribution in [2.45, 2.75) is 38.6 Å². The summed E-state index contributed by atoms with van der Waals surface area (Å²) in [5.74, 6) is 0.279. The van der Waals surface area contributed by atoms with E-state index >= 15 is 0 Å². The van der Waals surface area contributed by atoms with Gasteiger partial charge in [-0.25, -0.2) is 0 Å². The first kappa shape index (κ1) is 16.1. The fourth-order valence-electron chi connectivity index (χ4n) is 3.36. The molecule has 2 aromatic rings. The molecule has 0 radical (unpaired) electrons. The maximum absolute atomic E-state index is 11.4. The SMILES string of the molecule is CC(=O)CC1CCCN1c1ccc(Cc2ccc(Cl)cc2)cc1. The minimum atomic E-state index is 0.279. The van der Waals surface area contributed by atoms with Gasteiger partial charge in [-0.3, -0.25) is 4.79 Å². The molecule has 120 valence electrons. The van der Waals surface area contributed by atoms with Crippen LogP contribution < -0.4 is 4.90 Å². The van der Waals surface area contributed by atoms with Crippen LogP contribution in [0.15, 0.2) is 48.5 Å². The summed E-state index contributed by atoms with van der Waals surface area (Å²) in [7, 11) is 0. The molecule has 1 unspecified atom stereocenters. The first-order chi connectivity index (χ1) is 11.1. The summed E-state index contributed by atoms with van der Waals surface area (Å²) in [6, 6.07) is 17.1. The monoisotopic (exact) mass is 327 g/mol. The van der Waals surface area contributed by atoms with Gasteiger partial charge < -0.3 is 4.90 Å². The van der Waals surface area contributed by atoms with Crippen LogP contribution in [0.4, 0.5) is 5.69 Å². The van der Waals surface area contributed by atoms with E-state index < -0.39 is 0 Å². The van der Waals surface area contributed by atoms with Gasteiger partial charge in [0.25, 0.3) is 0 Å². The fourth-order valence-corrected chi connectivity index (χ4v) is 3.49. The molecule has 0 aromatic heterocycles. The first-order valence-electron chi connectivity index (χ1n) is 8.21. The van der Waals surface area contributed by atoms with Crippen LogP contribution in [0.25, 0.3) is 0 Å². The summed E-state index contributed by atoms with van der Waals surface area (Å²) in [6.45, 7) is 2.74. The Morgan fingerprint density at radius 2 is 1.70 bits per heavy atom. The Balaban J connectivity index is 1.69. The van der Waals surface area contributed by atoms with Gasteiger partial charge in [0.05, 0.1) is 0 Å². The van der Waals surface area contributed by atoms with Gasteiger partial charge in [0.15, 0.2) is 0 Å². The molecule has 2 nitrogen and oxygen atoms in total. The second-order valence-corrected chi connectivity index (χ2v) is 6.80. The highest BCUT2D eigenvalue weighted by molar-refractivity contribution is 6.30. The molecule has 0 amide bonds. The molecule has 23 heavy (non-hydrogen) atoms. The topological polar surface area (TPSA) is 20.3 Å². The van der Waals surface area contributed by atoms with Gasteiger partial charge in [0, 0.05) is 29.7 Å². The van der Waals surface area contributed by atoms with E-state index in [1.807, 2.05) is 12.1 Å². The zero-order chi connectivity index (χ0) is 16.2. The highest BCUT2D eigenvalue weighted by Gasteiger charge is 2.25. The Kier molecular flexibility index (Phi) is 5.02. The van der Waals surface area contributed by atoms with Crippen LogP contribution in [0.5, 0.6) is 0 Å². The van der Waals surface area contributed by atoms with Crippen molar-refractivity contribution in [1.29, 1.82) is 0 Å². The van der Waals surface area contributed by atoms with Crippen molar-refractivity contribution < 1.29 is 4.79 Å². The molecule has 1 heterocycles. The van der Waals surface area contributed by atoms with Gasteiger partial charge in [-0.1, -0.05) is 35.9 Å². The number of benzene rings is 2. The standard InChI is InChI=1S/C20H22ClNO/c1-15(23)13-20-3-2-12-22(20)19-10-6-17(7-11-19)14-16-4-8-18(21)9-5-16/h4-11,20H,2-3,12-14H2,1H3. The van der Waals surface area contributed by atoms with E-state index in [0.717, 1.165) is 24.4 Å². The molecule has 3 rings (SSSR count). The smallest absolute Gasteiger partial charge is 0.131 e. The Bertz CT molecular complexity index is 663. The number of carbonyl (C=O) groups is 1. The van der Waals surface area contributed by atoms with Crippen LogP contribution in [0.2, 0.25) is 5.02 Å². The largest absolute Gasteiger partial charge is 0.368 e. The summed E-state index contributed by atoms with van der Waals surface area (Å²) in [6.07, 6.45) is 3.86. The summed E-state index contributed by atoms with van der Waals surface area (Å²) < 4.78 is 0. The van der Waals surface area contributed by atoms with Crippen LogP contribution >= 0.6 is 11.6 Å². The molecule has 1 aliphatic rings. The van der Waals surface area contributed by atoms with E-state index in [1.165, 1.54) is 23.2 Å². The van der Waals surface area contributed by atoms with E-state index in [2.05, 4.69) is 41.3 Å². The van der Waals surface area contributed by atoms with Gasteiger partial charge in [-0.2, -0.15) is 0 Å². The zero-order valence-electron chi connectivity index (χ0n) is 13.5. The van der Waals surface area contributed by atoms with Crippen LogP contribution in [0, 0.1) is 0 Å². The molecule has 3 heteroatoms. The van der Waals surface area contributed by atoms with E-state index in [1.54, 1.807) is 6.92 Å². The van der Waals surface area contributed by atoms with E-state index in [-0.39, 0.29) is 5.78 Å². The lowest BCUT2D eigenvalue weighted by Crippen LogP contribution is -2.30. The van der Waals surface area contributed by atoms with Gasteiger partial charge in [0.1, 0.15) is 5.78 Å². The summed E-state index contributed by atoms with van der Waals surface area (Å²) in [5, 5.41) is 0.773. The number of Topliss-reactive ketones (excluding diaryl/α,β-unsaturated/α-hetero) is 1. The minimum Gasteiger partial charge on any atom is -0.368 e. The van der Waals surface area contributed by atoms with Crippen molar-refractivity contribution in [2.75, 3.05) is 11.4 Å². The predicted molar refractivity (Wildman–Crippen MR) is 96.4 cm³/mol. The van der Waals surface area contributed by atoms with E-state index in [0.29, 0.717) is 12.5 Å². The number of ketones is 1. The lowest BCUT2D eigenvalue weighted by molar-refractivity contribution is -0.117. The molecule has 2 aromatic carbocycles. The highest BCUT2D eigenvalue weighted by atomic mass is 35.5. The van der Waals surface area contributed by atoms with Crippen LogP contribution in [0.1, 0.15) is 37.3 Å². The van der Waals surface area contributed by atoms with Gasteiger partial charge >= 0.3 is 0 Å². The molecule has 0 N–H and O–H groups in total. The number of anilines is 1. The van der Waals surface area contributed by atoms with Crippen molar-refractivity contribution >= 4 is 23.1 Å². The molecule has 0 spiro atoms. The summed E-state index contributed by atoms with van der Waals surface area (Å²) >= 11 is 5.93. The quantitative estimate of drug-likeness (QED) is 0.780. The lowest BCUT2D eigenvalue weighted by Gasteiger charge is -2.26. The highest BCUT2D eigenvalue weighted by Crippen LogP contribution is 2.28. The van der Waals surface area contributed by atoms with Gasteiger partial charge in [-0.05, 0) is 61.6 Å². The van der Waals surface area contributed by atoms with Crippen molar-refractivity contribution in [3.8, 4) is 0 Å². The Hall–Kier alpha value is -1.80. The number of hydrogen-bond acceptors (Lipinski definition) is 2. The number of carbonyl (C=O) groups excluding carboxylic acids is 1. The van der Waals surface area contributed by atoms with Crippen molar-refractivity contribution in [1.82, 2.24) is 0 Å². The second kappa shape index (κ2) is 7.18. The Morgan fingerprint density at radius 1 is 1.09 bits per heavy atom. The molecule has 0 bridgehead atoms. The normalized spacial score (nSPS) is 17.5. The van der Waals surface area contributed by atoms with Crippen LogP contribution in [-0.2, 0) is 11.2 Å². The van der Waals surface area contributed by atoms with Crippen molar-refractivity contribution in [3.05, 3.63) is 64.7 Å². The molecule has 1 fully saturated rings. The maximum atomic E-state index is 11.4. The van der Waals surface area contributed by atoms with E-state index in [4.69, 9.17) is 11.6 Å². The average molecular weight is 328 g/mol. The van der Waals surface area contributed by atoms with E-state index in [9.17, 15) is 4.79 Å². The van der Waals surface area contributed by atoms with Crippen LogP contribution in [0.3, 0.4) is 0 Å². The molecule has 1 aliphatic heterocycles. The molecule has 0 saturated carbocycles. The Labute approximate surface area is 143 Å². The molecular formula is C20H22ClNO. The molecular weight excluding hydrogens is 306 g/mol. The zero-order valence-corrected chi connectivity index (χ0v) is 14.2. The van der Waals surface area contributed by atoms with Crippen molar-refractivity contribution in [2.24, 2.45) is 0 Å². The summed E-state index contributed by atoms with van der Waals surface area (Å²) in [4.78, 5) is 13.8. The minimum absolute atomic E-state index is 0.279.